The van der Waals surface area contributed by atoms with Crippen molar-refractivity contribution in [3.8, 4) is 17.1 Å². The lowest BCUT2D eigenvalue weighted by atomic mass is 9.98. The molecular formula is C23H27ClN2O5. The minimum absolute atomic E-state index is 0.127. The maximum atomic E-state index is 13.1. The average Bonchev–Trinajstić information content (AvgIpc) is 3.44. The van der Waals surface area contributed by atoms with Crippen LogP contribution in [0.1, 0.15) is 45.7 Å². The van der Waals surface area contributed by atoms with Crippen molar-refractivity contribution >= 4 is 23.8 Å². The second-order valence-electron chi connectivity index (χ2n) is 7.94. The zero-order valence-electron chi connectivity index (χ0n) is 17.6. The molecule has 2 aliphatic heterocycles. The normalized spacial score (nSPS) is 16.7. The number of halogens is 1. The number of methoxy groups -OCH3 is 1. The van der Waals surface area contributed by atoms with Gasteiger partial charge in [-0.2, -0.15) is 0 Å². The summed E-state index contributed by atoms with van der Waals surface area (Å²) in [5, 5.41) is 3.56. The summed E-state index contributed by atoms with van der Waals surface area (Å²) >= 11 is 6.57. The minimum atomic E-state index is -0.169. The molecule has 0 saturated carbocycles. The van der Waals surface area contributed by atoms with Gasteiger partial charge in [0.05, 0.1) is 17.2 Å². The number of carbonyl (C=O) groups is 2. The summed E-state index contributed by atoms with van der Waals surface area (Å²) in [4.78, 5) is 26.4. The van der Waals surface area contributed by atoms with Crippen LogP contribution in [0.25, 0.3) is 11.3 Å². The molecule has 0 bridgehead atoms. The van der Waals surface area contributed by atoms with Gasteiger partial charge in [0.2, 0.25) is 0 Å². The summed E-state index contributed by atoms with van der Waals surface area (Å²) in [6, 6.07) is 5.08. The number of nitrogens with one attached hydrogen (secondary N) is 1. The van der Waals surface area contributed by atoms with Gasteiger partial charge in [0, 0.05) is 56.9 Å². The van der Waals surface area contributed by atoms with E-state index in [0.717, 1.165) is 51.1 Å². The van der Waals surface area contributed by atoms with Gasteiger partial charge >= 0.3 is 0 Å². The van der Waals surface area contributed by atoms with Gasteiger partial charge in [-0.1, -0.05) is 11.6 Å². The predicted octanol–water partition coefficient (Wildman–Crippen LogP) is 3.58. The molecule has 2 aromatic rings. The number of fused-ring (bicyclic) bond motifs is 1. The molecule has 1 saturated heterocycles. The van der Waals surface area contributed by atoms with E-state index in [9.17, 15) is 9.59 Å². The molecule has 1 aromatic heterocycles. The second-order valence-corrected chi connectivity index (χ2v) is 8.35. The highest BCUT2D eigenvalue weighted by molar-refractivity contribution is 6.34. The third-order valence-electron chi connectivity index (χ3n) is 5.91. The number of nitrogens with zero attached hydrogens (tertiary/aromatic N) is 1. The smallest absolute Gasteiger partial charge is 0.255 e. The quantitative estimate of drug-likeness (QED) is 0.493. The molecule has 3 heterocycles. The number of carbonyl (C=O) groups excluding carboxylic acids is 2. The molecule has 0 unspecified atom stereocenters. The summed E-state index contributed by atoms with van der Waals surface area (Å²) in [5.74, 6) is 1.12. The van der Waals surface area contributed by atoms with E-state index in [1.165, 1.54) is 0 Å². The van der Waals surface area contributed by atoms with Crippen LogP contribution >= 0.6 is 11.6 Å². The first kappa shape index (κ1) is 21.9. The van der Waals surface area contributed by atoms with Gasteiger partial charge in [0.15, 0.2) is 12.0 Å². The fraction of sp³-hybridized carbons (Fsp3) is 0.478. The van der Waals surface area contributed by atoms with E-state index in [1.54, 1.807) is 25.3 Å². The van der Waals surface area contributed by atoms with Crippen molar-refractivity contribution in [2.45, 2.75) is 31.7 Å². The monoisotopic (exact) mass is 446 g/mol. The number of hydrogen-bond acceptors (Lipinski definition) is 6. The fourth-order valence-corrected chi connectivity index (χ4v) is 4.64. The molecule has 166 valence electrons. The highest BCUT2D eigenvalue weighted by Gasteiger charge is 2.29. The summed E-state index contributed by atoms with van der Waals surface area (Å²) in [7, 11) is 1.72. The lowest BCUT2D eigenvalue weighted by molar-refractivity contribution is 0.0903. The molecular weight excluding hydrogens is 420 g/mol. The molecule has 1 N–H and O–H groups in total. The summed E-state index contributed by atoms with van der Waals surface area (Å²) < 4.78 is 16.5. The summed E-state index contributed by atoms with van der Waals surface area (Å²) in [5.41, 5.74) is 1.98. The van der Waals surface area contributed by atoms with Crippen LogP contribution in [0, 0.1) is 0 Å². The van der Waals surface area contributed by atoms with E-state index in [2.05, 4.69) is 10.2 Å². The fourth-order valence-electron chi connectivity index (χ4n) is 4.33. The molecule has 1 amide bonds. The molecule has 31 heavy (non-hydrogen) atoms. The van der Waals surface area contributed by atoms with E-state index < -0.39 is 0 Å². The van der Waals surface area contributed by atoms with Crippen molar-refractivity contribution in [2.24, 2.45) is 0 Å². The SMILES string of the molecule is COCCCN1CCC(NC(=O)c2cc(Cl)c(-c3ccc(C=O)o3)c3c2OCC3)CC1. The van der Waals surface area contributed by atoms with Crippen molar-refractivity contribution in [2.75, 3.05) is 40.0 Å². The molecule has 1 fully saturated rings. The third-order valence-corrected chi connectivity index (χ3v) is 6.21. The van der Waals surface area contributed by atoms with Crippen LogP contribution in [0.4, 0.5) is 0 Å². The number of hydrogen-bond donors (Lipinski definition) is 1. The third kappa shape index (κ3) is 4.79. The van der Waals surface area contributed by atoms with Crippen molar-refractivity contribution < 1.29 is 23.5 Å². The zero-order valence-corrected chi connectivity index (χ0v) is 18.4. The van der Waals surface area contributed by atoms with Crippen LogP contribution in [0.15, 0.2) is 22.6 Å². The molecule has 2 aliphatic rings. The molecule has 0 spiro atoms. The van der Waals surface area contributed by atoms with Gasteiger partial charge in [0.25, 0.3) is 5.91 Å². The number of rotatable bonds is 8. The number of benzene rings is 1. The van der Waals surface area contributed by atoms with Crippen molar-refractivity contribution in [1.29, 1.82) is 0 Å². The van der Waals surface area contributed by atoms with E-state index in [1.807, 2.05) is 0 Å². The summed E-state index contributed by atoms with van der Waals surface area (Å²) in [6.07, 6.45) is 4.12. The predicted molar refractivity (Wildman–Crippen MR) is 117 cm³/mol. The lowest BCUT2D eigenvalue weighted by Crippen LogP contribution is -2.45. The van der Waals surface area contributed by atoms with Crippen LogP contribution < -0.4 is 10.1 Å². The van der Waals surface area contributed by atoms with E-state index in [4.69, 9.17) is 25.5 Å². The first-order valence-corrected chi connectivity index (χ1v) is 11.0. The van der Waals surface area contributed by atoms with E-state index in [-0.39, 0.29) is 17.7 Å². The van der Waals surface area contributed by atoms with Gasteiger partial charge in [-0.05, 0) is 37.5 Å². The first-order valence-electron chi connectivity index (χ1n) is 10.7. The number of amides is 1. The van der Waals surface area contributed by atoms with Gasteiger partial charge in [-0.25, -0.2) is 0 Å². The van der Waals surface area contributed by atoms with Crippen molar-refractivity contribution in [1.82, 2.24) is 10.2 Å². The largest absolute Gasteiger partial charge is 0.492 e. The number of piperidine rings is 1. The standard InChI is InChI=1S/C23H27ClN2O5/c1-29-11-2-8-26-9-5-15(6-10-26)25-23(28)18-13-19(24)21(17-7-12-30-22(17)18)20-4-3-16(14-27)31-20/h3-4,13-15H,2,5-12H2,1H3,(H,25,28). The number of aldehydes is 1. The van der Waals surface area contributed by atoms with Crippen LogP contribution in [-0.2, 0) is 11.2 Å². The molecule has 0 aliphatic carbocycles. The minimum Gasteiger partial charge on any atom is -0.492 e. The van der Waals surface area contributed by atoms with Crippen LogP contribution in [-0.4, -0.2) is 63.1 Å². The molecule has 1 aromatic carbocycles. The van der Waals surface area contributed by atoms with Gasteiger partial charge in [0.1, 0.15) is 11.5 Å². The number of likely N-dealkylation sites (tertiary alicyclic amines) is 1. The first-order chi connectivity index (χ1) is 15.1. The molecule has 0 radical (unpaired) electrons. The Labute approximate surface area is 186 Å². The van der Waals surface area contributed by atoms with E-state index >= 15 is 0 Å². The van der Waals surface area contributed by atoms with Crippen molar-refractivity contribution in [3.05, 3.63) is 40.1 Å². The summed E-state index contributed by atoms with van der Waals surface area (Å²) in [6.45, 7) is 4.18. The van der Waals surface area contributed by atoms with Crippen LogP contribution in [0.5, 0.6) is 5.75 Å². The van der Waals surface area contributed by atoms with Crippen molar-refractivity contribution in [3.63, 3.8) is 0 Å². The Kier molecular flexibility index (Phi) is 6.95. The van der Waals surface area contributed by atoms with Gasteiger partial charge in [-0.3, -0.25) is 9.59 Å². The maximum Gasteiger partial charge on any atom is 0.255 e. The Morgan fingerprint density at radius 2 is 2.16 bits per heavy atom. The highest BCUT2D eigenvalue weighted by atomic mass is 35.5. The number of ether oxygens (including phenoxy) is 2. The Hall–Kier alpha value is -2.35. The van der Waals surface area contributed by atoms with Gasteiger partial charge in [-0.15, -0.1) is 0 Å². The Bertz CT molecular complexity index is 950. The van der Waals surface area contributed by atoms with Crippen LogP contribution in [0.2, 0.25) is 5.02 Å². The maximum absolute atomic E-state index is 13.1. The number of furan rings is 1. The van der Waals surface area contributed by atoms with Gasteiger partial charge < -0.3 is 24.1 Å². The Balaban J connectivity index is 1.47. The molecule has 4 rings (SSSR count). The highest BCUT2D eigenvalue weighted by Crippen LogP contribution is 2.43. The molecule has 0 atom stereocenters. The average molecular weight is 447 g/mol. The zero-order chi connectivity index (χ0) is 21.8. The Morgan fingerprint density at radius 1 is 1.35 bits per heavy atom. The Morgan fingerprint density at radius 3 is 2.87 bits per heavy atom. The molecule has 8 heteroatoms. The topological polar surface area (TPSA) is 81.0 Å². The second kappa shape index (κ2) is 9.85. The molecule has 7 nitrogen and oxygen atoms in total. The lowest BCUT2D eigenvalue weighted by Gasteiger charge is -2.32. The van der Waals surface area contributed by atoms with E-state index in [0.29, 0.717) is 47.0 Å². The van der Waals surface area contributed by atoms with Crippen LogP contribution in [0.3, 0.4) is 0 Å².